The normalized spacial score (nSPS) is 23.4. The van der Waals surface area contributed by atoms with Crippen LogP contribution >= 0.6 is 0 Å². The van der Waals surface area contributed by atoms with Crippen LogP contribution in [-0.4, -0.2) is 95.4 Å². The fourth-order valence-corrected chi connectivity index (χ4v) is 5.27. The fourth-order valence-electron chi connectivity index (χ4n) is 5.27. The third-order valence-corrected chi connectivity index (χ3v) is 7.22. The molecule has 206 valence electrons. The summed E-state index contributed by atoms with van der Waals surface area (Å²) in [4.78, 5) is 80.1. The second kappa shape index (κ2) is 12.9. The molecule has 12 nitrogen and oxygen atoms in total. The van der Waals surface area contributed by atoms with Gasteiger partial charge in [-0.15, -0.1) is 0 Å². The lowest BCUT2D eigenvalue weighted by Gasteiger charge is -2.34. The van der Waals surface area contributed by atoms with E-state index < -0.39 is 43.4 Å². The summed E-state index contributed by atoms with van der Waals surface area (Å²) < 4.78 is 16.3. The highest BCUT2D eigenvalue weighted by atomic mass is 16.8. The van der Waals surface area contributed by atoms with Crippen molar-refractivity contribution in [2.75, 3.05) is 19.6 Å². The summed E-state index contributed by atoms with van der Waals surface area (Å²) >= 11 is 0. The summed E-state index contributed by atoms with van der Waals surface area (Å²) in [5.74, 6) is -3.08. The number of nitrogens with zero attached hydrogens (tertiary/aromatic N) is 3. The van der Waals surface area contributed by atoms with E-state index in [0.29, 0.717) is 58.2 Å². The van der Waals surface area contributed by atoms with Crippen molar-refractivity contribution in [1.82, 2.24) is 14.7 Å². The van der Waals surface area contributed by atoms with Crippen molar-refractivity contribution in [3.05, 3.63) is 0 Å². The first-order valence-corrected chi connectivity index (χ1v) is 13.4. The Hall–Kier alpha value is -3.12. The molecule has 3 fully saturated rings. The van der Waals surface area contributed by atoms with E-state index in [1.807, 2.05) is 0 Å². The zero-order chi connectivity index (χ0) is 27.1. The average Bonchev–Trinajstić information content (AvgIpc) is 3.67. The third-order valence-electron chi connectivity index (χ3n) is 7.22. The fraction of sp³-hybridized carbons (Fsp3) is 0.750. The Morgan fingerprint density at radius 3 is 1.08 bits per heavy atom. The number of rotatable bonds is 9. The van der Waals surface area contributed by atoms with Crippen molar-refractivity contribution < 1.29 is 42.7 Å². The van der Waals surface area contributed by atoms with Gasteiger partial charge in [0, 0.05) is 38.9 Å². The molecule has 0 spiro atoms. The Morgan fingerprint density at radius 1 is 0.568 bits per heavy atom. The van der Waals surface area contributed by atoms with Gasteiger partial charge in [-0.1, -0.05) is 20.8 Å². The Labute approximate surface area is 217 Å². The molecular weight excluding hydrogens is 485 g/mol. The molecule has 0 aromatic heterocycles. The minimum Gasteiger partial charge on any atom is -0.624 e. The highest BCUT2D eigenvalue weighted by Crippen LogP contribution is 2.24. The SMILES string of the molecule is CCC(=O)N1CCC[C@H]1C(=O)O[BH-](OC(=O)[C@@H]1CCCN1C(=O)CC)OC(=O)[C@@H]1CCCN1C(=O)CC. The molecule has 0 bridgehead atoms. The van der Waals surface area contributed by atoms with Gasteiger partial charge in [0.25, 0.3) is 17.9 Å². The number of likely N-dealkylation sites (tertiary alicyclic amines) is 3. The van der Waals surface area contributed by atoms with Crippen molar-refractivity contribution in [3.63, 3.8) is 0 Å². The van der Waals surface area contributed by atoms with E-state index >= 15 is 0 Å². The first-order chi connectivity index (χ1) is 17.7. The summed E-state index contributed by atoms with van der Waals surface area (Å²) in [7, 11) is -3.05. The van der Waals surface area contributed by atoms with Gasteiger partial charge in [0.2, 0.25) is 17.7 Å². The first kappa shape index (κ1) is 28.5. The largest absolute Gasteiger partial charge is 0.624 e. The molecule has 0 aromatic rings. The molecule has 3 saturated heterocycles. The molecule has 0 radical (unpaired) electrons. The molecule has 3 atom stereocenters. The molecule has 0 saturated carbocycles. The van der Waals surface area contributed by atoms with Crippen molar-refractivity contribution >= 4 is 43.0 Å². The van der Waals surface area contributed by atoms with Crippen molar-refractivity contribution in [2.45, 2.75) is 96.7 Å². The Balaban J connectivity index is 1.75. The average molecular weight is 522 g/mol. The topological polar surface area (TPSA) is 140 Å². The van der Waals surface area contributed by atoms with Gasteiger partial charge in [-0.2, -0.15) is 0 Å². The van der Waals surface area contributed by atoms with Crippen LogP contribution in [0.3, 0.4) is 0 Å². The Morgan fingerprint density at radius 2 is 0.838 bits per heavy atom. The second-order valence-electron chi connectivity index (χ2n) is 9.54. The number of hydrogen-bond acceptors (Lipinski definition) is 9. The zero-order valence-electron chi connectivity index (χ0n) is 21.9. The quantitative estimate of drug-likeness (QED) is 0.397. The van der Waals surface area contributed by atoms with Gasteiger partial charge >= 0.3 is 7.32 Å². The number of hydrogen-bond donors (Lipinski definition) is 0. The van der Waals surface area contributed by atoms with Crippen LogP contribution in [0.2, 0.25) is 0 Å². The van der Waals surface area contributed by atoms with Crippen molar-refractivity contribution in [1.29, 1.82) is 0 Å². The lowest BCUT2D eigenvalue weighted by molar-refractivity contribution is -0.158. The maximum Gasteiger partial charge on any atom is 0.541 e. The molecule has 3 heterocycles. The minimum atomic E-state index is -3.05. The van der Waals surface area contributed by atoms with Gasteiger partial charge in [0.15, 0.2) is 0 Å². The zero-order valence-corrected chi connectivity index (χ0v) is 21.9. The van der Waals surface area contributed by atoms with Gasteiger partial charge in [0.05, 0.1) is 0 Å². The smallest absolute Gasteiger partial charge is 0.541 e. The first-order valence-electron chi connectivity index (χ1n) is 13.4. The number of carbonyl (C=O) groups is 6. The van der Waals surface area contributed by atoms with Crippen LogP contribution in [0.5, 0.6) is 0 Å². The van der Waals surface area contributed by atoms with Crippen LogP contribution in [0.15, 0.2) is 0 Å². The number of carbonyl (C=O) groups excluding carboxylic acids is 6. The lowest BCUT2D eigenvalue weighted by Crippen LogP contribution is -2.49. The molecule has 0 N–H and O–H groups in total. The van der Waals surface area contributed by atoms with Gasteiger partial charge in [-0.3, -0.25) is 28.8 Å². The van der Waals surface area contributed by atoms with E-state index in [4.69, 9.17) is 14.0 Å². The molecule has 3 rings (SSSR count). The summed E-state index contributed by atoms with van der Waals surface area (Å²) in [5.41, 5.74) is 0. The molecule has 3 aliphatic heterocycles. The van der Waals surface area contributed by atoms with Gasteiger partial charge in [-0.05, 0) is 38.5 Å². The van der Waals surface area contributed by atoms with E-state index in [9.17, 15) is 28.8 Å². The molecular formula is C24H37BN3O9-. The maximum absolute atomic E-state index is 13.0. The van der Waals surface area contributed by atoms with E-state index in [0.717, 1.165) is 0 Å². The van der Waals surface area contributed by atoms with Gasteiger partial charge < -0.3 is 28.7 Å². The summed E-state index contributed by atoms with van der Waals surface area (Å²) in [6.45, 7) is 6.28. The highest BCUT2D eigenvalue weighted by molar-refractivity contribution is 6.44. The van der Waals surface area contributed by atoms with E-state index in [1.54, 1.807) is 20.8 Å². The van der Waals surface area contributed by atoms with Gasteiger partial charge in [0.1, 0.15) is 18.1 Å². The molecule has 0 aliphatic carbocycles. The molecule has 0 unspecified atom stereocenters. The molecule has 3 amide bonds. The Kier molecular flexibility index (Phi) is 9.93. The molecule has 0 aromatic carbocycles. The molecule has 3 aliphatic rings. The predicted octanol–water partition coefficient (Wildman–Crippen LogP) is 0.536. The highest BCUT2D eigenvalue weighted by Gasteiger charge is 2.40. The summed E-state index contributed by atoms with van der Waals surface area (Å²) in [5, 5.41) is 0. The predicted molar refractivity (Wildman–Crippen MR) is 131 cm³/mol. The minimum absolute atomic E-state index is 0.209. The van der Waals surface area contributed by atoms with E-state index in [2.05, 4.69) is 0 Å². The van der Waals surface area contributed by atoms with Crippen LogP contribution < -0.4 is 0 Å². The standard InChI is InChI=1S/C24H37BN3O9/c1-4-19(29)26-13-7-10-16(26)22(32)35-25(36-23(33)17-11-8-14-27(17)20(30)5-2)37-24(34)18-12-9-15-28(18)21(31)6-3/h16-18,25H,4-15H2,1-3H3/q-1/t16-,17-,18-/m0/s1. The third kappa shape index (κ3) is 6.61. The van der Waals surface area contributed by atoms with E-state index in [1.165, 1.54) is 14.7 Å². The number of amides is 3. The molecule has 13 heteroatoms. The summed E-state index contributed by atoms with van der Waals surface area (Å²) in [6, 6.07) is -2.60. The van der Waals surface area contributed by atoms with Crippen LogP contribution in [0.25, 0.3) is 0 Å². The van der Waals surface area contributed by atoms with Crippen LogP contribution in [0.1, 0.15) is 78.6 Å². The monoisotopic (exact) mass is 522 g/mol. The van der Waals surface area contributed by atoms with Crippen LogP contribution in [0.4, 0.5) is 0 Å². The van der Waals surface area contributed by atoms with Crippen LogP contribution in [-0.2, 0) is 42.7 Å². The Bertz CT molecular complexity index is 800. The lowest BCUT2D eigenvalue weighted by atomic mass is 10.1. The maximum atomic E-state index is 13.0. The summed E-state index contributed by atoms with van der Waals surface area (Å²) in [6.07, 6.45) is 3.61. The van der Waals surface area contributed by atoms with Gasteiger partial charge in [-0.25, -0.2) is 0 Å². The van der Waals surface area contributed by atoms with Crippen LogP contribution in [0, 0.1) is 0 Å². The second-order valence-corrected chi connectivity index (χ2v) is 9.54. The van der Waals surface area contributed by atoms with E-state index in [-0.39, 0.29) is 37.0 Å². The molecule has 37 heavy (non-hydrogen) atoms. The van der Waals surface area contributed by atoms with Crippen molar-refractivity contribution in [3.8, 4) is 0 Å². The van der Waals surface area contributed by atoms with Crippen molar-refractivity contribution in [2.24, 2.45) is 0 Å².